The first-order valence-corrected chi connectivity index (χ1v) is 11.3. The van der Waals surface area contributed by atoms with E-state index in [9.17, 15) is 0 Å². The molecule has 0 aliphatic carbocycles. The van der Waals surface area contributed by atoms with E-state index < -0.39 is 6.23 Å². The molecule has 0 saturated carbocycles. The minimum atomic E-state index is -0.491. The number of methoxy groups -OCH3 is 3. The first-order chi connectivity index (χ1) is 16.7. The average Bonchev–Trinajstić information content (AvgIpc) is 3.34. The monoisotopic (exact) mass is 460 g/mol. The first-order valence-electron chi connectivity index (χ1n) is 11.3. The van der Waals surface area contributed by atoms with E-state index in [0.29, 0.717) is 23.9 Å². The fraction of sp³-hybridized carbons (Fsp3) is 0.296. The van der Waals surface area contributed by atoms with E-state index in [0.717, 1.165) is 40.3 Å². The molecule has 0 saturated heterocycles. The van der Waals surface area contributed by atoms with Crippen LogP contribution < -0.4 is 23.7 Å². The Balaban J connectivity index is 1.58. The van der Waals surface area contributed by atoms with Crippen LogP contribution in [0.3, 0.4) is 0 Å². The van der Waals surface area contributed by atoms with Gasteiger partial charge in [0.05, 0.1) is 45.3 Å². The molecule has 2 aliphatic rings. The van der Waals surface area contributed by atoms with Crippen LogP contribution in [0.15, 0.2) is 65.8 Å². The minimum absolute atomic E-state index is 0.0364. The van der Waals surface area contributed by atoms with Crippen molar-refractivity contribution in [2.24, 2.45) is 5.10 Å². The largest absolute Gasteiger partial charge is 0.496 e. The smallest absolute Gasteiger partial charge is 0.217 e. The zero-order valence-corrected chi connectivity index (χ0v) is 19.8. The minimum Gasteiger partial charge on any atom is -0.496 e. The van der Waals surface area contributed by atoms with Crippen molar-refractivity contribution in [1.29, 1.82) is 0 Å². The van der Waals surface area contributed by atoms with E-state index in [-0.39, 0.29) is 6.04 Å². The van der Waals surface area contributed by atoms with E-state index in [1.54, 1.807) is 21.3 Å². The van der Waals surface area contributed by atoms with Gasteiger partial charge in [0.25, 0.3) is 0 Å². The quantitative estimate of drug-likeness (QED) is 0.474. The molecule has 0 N–H and O–H groups in total. The molecule has 2 aliphatic heterocycles. The zero-order chi connectivity index (χ0) is 23.7. The number of benzene rings is 3. The molecule has 34 heavy (non-hydrogen) atoms. The Bertz CT molecular complexity index is 1210. The fourth-order valence-corrected chi connectivity index (χ4v) is 4.57. The maximum atomic E-state index is 6.51. The lowest BCUT2D eigenvalue weighted by atomic mass is 9.95. The third-order valence-corrected chi connectivity index (χ3v) is 6.20. The van der Waals surface area contributed by atoms with Crippen molar-refractivity contribution < 1.29 is 23.7 Å². The van der Waals surface area contributed by atoms with Gasteiger partial charge in [-0.05, 0) is 48.9 Å². The highest BCUT2D eigenvalue weighted by molar-refractivity contribution is 6.02. The molecule has 0 fully saturated rings. The first kappa shape index (κ1) is 21.9. The van der Waals surface area contributed by atoms with E-state index >= 15 is 0 Å². The lowest BCUT2D eigenvalue weighted by Crippen LogP contribution is -2.34. The predicted octanol–water partition coefficient (Wildman–Crippen LogP) is 5.35. The van der Waals surface area contributed by atoms with Gasteiger partial charge in [-0.2, -0.15) is 5.10 Å². The van der Waals surface area contributed by atoms with Crippen molar-refractivity contribution >= 4 is 5.71 Å². The molecule has 2 atom stereocenters. The van der Waals surface area contributed by atoms with Gasteiger partial charge in [-0.15, -0.1) is 0 Å². The molecule has 0 radical (unpaired) electrons. The fourth-order valence-electron chi connectivity index (χ4n) is 4.57. The van der Waals surface area contributed by atoms with Gasteiger partial charge in [-0.3, -0.25) is 0 Å². The lowest BCUT2D eigenvalue weighted by Gasteiger charge is -2.38. The van der Waals surface area contributed by atoms with E-state index in [1.807, 2.05) is 54.4 Å². The predicted molar refractivity (Wildman–Crippen MR) is 129 cm³/mol. The van der Waals surface area contributed by atoms with Crippen LogP contribution in [-0.2, 0) is 0 Å². The number of fused-ring (bicyclic) bond motifs is 3. The Hall–Kier alpha value is -3.87. The van der Waals surface area contributed by atoms with E-state index in [1.165, 1.54) is 0 Å². The summed E-state index contributed by atoms with van der Waals surface area (Å²) in [5.41, 5.74) is 3.99. The molecule has 0 unspecified atom stereocenters. The Morgan fingerprint density at radius 3 is 2.29 bits per heavy atom. The van der Waals surface area contributed by atoms with Gasteiger partial charge in [0.1, 0.15) is 17.2 Å². The van der Waals surface area contributed by atoms with Crippen molar-refractivity contribution in [2.75, 3.05) is 27.9 Å². The van der Waals surface area contributed by atoms with Crippen LogP contribution >= 0.6 is 0 Å². The molecule has 3 aromatic rings. The summed E-state index contributed by atoms with van der Waals surface area (Å²) in [4.78, 5) is 0. The number of ether oxygens (including phenoxy) is 5. The number of rotatable bonds is 7. The molecular formula is C27H28N2O5. The maximum absolute atomic E-state index is 6.51. The Morgan fingerprint density at radius 2 is 1.59 bits per heavy atom. The third kappa shape index (κ3) is 3.77. The van der Waals surface area contributed by atoms with E-state index in [2.05, 4.69) is 18.2 Å². The van der Waals surface area contributed by atoms with Crippen molar-refractivity contribution in [3.63, 3.8) is 0 Å². The number of nitrogens with zero attached hydrogens (tertiary/aromatic N) is 2. The average molecular weight is 461 g/mol. The van der Waals surface area contributed by atoms with Gasteiger partial charge in [-0.1, -0.05) is 18.2 Å². The highest BCUT2D eigenvalue weighted by atomic mass is 16.5. The van der Waals surface area contributed by atoms with Crippen LogP contribution in [-0.4, -0.2) is 38.7 Å². The second-order valence-corrected chi connectivity index (χ2v) is 8.06. The maximum Gasteiger partial charge on any atom is 0.217 e. The molecule has 0 bridgehead atoms. The molecule has 0 spiro atoms. The van der Waals surface area contributed by atoms with Crippen LogP contribution in [0.25, 0.3) is 0 Å². The second-order valence-electron chi connectivity index (χ2n) is 8.06. The topological polar surface area (TPSA) is 61.8 Å². The van der Waals surface area contributed by atoms with Crippen LogP contribution in [0.1, 0.15) is 42.3 Å². The van der Waals surface area contributed by atoms with Crippen LogP contribution in [0.2, 0.25) is 0 Å². The van der Waals surface area contributed by atoms with Gasteiger partial charge in [-0.25, -0.2) is 5.01 Å². The van der Waals surface area contributed by atoms with Crippen molar-refractivity contribution in [1.82, 2.24) is 5.01 Å². The second kappa shape index (κ2) is 9.17. The van der Waals surface area contributed by atoms with Gasteiger partial charge < -0.3 is 23.7 Å². The van der Waals surface area contributed by atoms with Crippen molar-refractivity contribution in [3.05, 3.63) is 77.4 Å². The van der Waals surface area contributed by atoms with Gasteiger partial charge in [0, 0.05) is 18.1 Å². The third-order valence-electron chi connectivity index (χ3n) is 6.20. The van der Waals surface area contributed by atoms with Gasteiger partial charge >= 0.3 is 0 Å². The number of hydrogen-bond donors (Lipinski definition) is 0. The van der Waals surface area contributed by atoms with Crippen molar-refractivity contribution in [2.45, 2.75) is 25.6 Å². The Kier molecular flexibility index (Phi) is 5.92. The van der Waals surface area contributed by atoms with E-state index in [4.69, 9.17) is 28.8 Å². The summed E-state index contributed by atoms with van der Waals surface area (Å²) in [5, 5.41) is 7.07. The number of hydrogen-bond acceptors (Lipinski definition) is 7. The molecule has 5 rings (SSSR count). The molecule has 7 nitrogen and oxygen atoms in total. The van der Waals surface area contributed by atoms with Crippen LogP contribution in [0.4, 0.5) is 0 Å². The highest BCUT2D eigenvalue weighted by Gasteiger charge is 2.42. The van der Waals surface area contributed by atoms with Crippen molar-refractivity contribution in [3.8, 4) is 28.7 Å². The Morgan fingerprint density at radius 1 is 0.882 bits per heavy atom. The summed E-state index contributed by atoms with van der Waals surface area (Å²) in [6, 6.07) is 20.0. The highest BCUT2D eigenvalue weighted by Crippen LogP contribution is 2.50. The lowest BCUT2D eigenvalue weighted by molar-refractivity contribution is -0.0205. The van der Waals surface area contributed by atoms with Gasteiger partial charge in [0.2, 0.25) is 6.23 Å². The Labute approximate surface area is 199 Å². The molecule has 2 heterocycles. The van der Waals surface area contributed by atoms with Crippen LogP contribution in [0.5, 0.6) is 28.7 Å². The molecule has 7 heteroatoms. The number of para-hydroxylation sites is 1. The summed E-state index contributed by atoms with van der Waals surface area (Å²) in [7, 11) is 4.86. The summed E-state index contributed by atoms with van der Waals surface area (Å²) >= 11 is 0. The molecule has 0 amide bonds. The molecular weight excluding hydrogens is 432 g/mol. The van der Waals surface area contributed by atoms with Crippen LogP contribution in [0, 0.1) is 0 Å². The summed E-state index contributed by atoms with van der Waals surface area (Å²) < 4.78 is 28.9. The SMILES string of the molecule is CCOc1ccc(C2=NN3[C@@H](C2)c2ccccc2O[C@H]3c2cc(OC)c(OC)cc2OC)cc1. The molecule has 3 aromatic carbocycles. The summed E-state index contributed by atoms with van der Waals surface area (Å²) in [5.74, 6) is 3.53. The normalized spacial score (nSPS) is 18.4. The molecule has 176 valence electrons. The number of hydrazone groups is 1. The van der Waals surface area contributed by atoms with Gasteiger partial charge in [0.15, 0.2) is 11.5 Å². The zero-order valence-electron chi connectivity index (χ0n) is 19.8. The molecule has 0 aromatic heterocycles. The summed E-state index contributed by atoms with van der Waals surface area (Å²) in [6.45, 7) is 2.62. The summed E-state index contributed by atoms with van der Waals surface area (Å²) in [6.07, 6.45) is 0.273. The standard InChI is InChI=1S/C27H28N2O5/c1-5-33-18-12-10-17(11-13-18)21-15-22-19-8-6-7-9-23(19)34-27(29(22)28-21)20-14-25(31-3)26(32-4)16-24(20)30-2/h6-14,16,22,27H,5,15H2,1-4H3/t22-,27-/m0/s1.